The van der Waals surface area contributed by atoms with E-state index in [9.17, 15) is 0 Å². The molecule has 1 atom stereocenters. The molecule has 0 aliphatic carbocycles. The molecule has 0 aliphatic rings. The second-order valence-electron chi connectivity index (χ2n) is 5.65. The Morgan fingerprint density at radius 2 is 1.95 bits per heavy atom. The summed E-state index contributed by atoms with van der Waals surface area (Å²) in [6.45, 7) is 17.0. The van der Waals surface area contributed by atoms with Gasteiger partial charge in [0, 0.05) is 18.2 Å². The lowest BCUT2D eigenvalue weighted by Gasteiger charge is -2.26. The highest BCUT2D eigenvalue weighted by Crippen LogP contribution is 2.16. The first-order chi connectivity index (χ1) is 8.93. The maximum atomic E-state index is 4.17. The Labute approximate surface area is 118 Å². The molecule has 0 amide bonds. The van der Waals surface area contributed by atoms with Gasteiger partial charge in [0.2, 0.25) is 0 Å². The third-order valence-electron chi connectivity index (χ3n) is 3.42. The summed E-state index contributed by atoms with van der Waals surface area (Å²) < 4.78 is 0. The number of aryl methyl sites for hydroxylation is 1. The van der Waals surface area contributed by atoms with Crippen LogP contribution in [0.3, 0.4) is 0 Å². The van der Waals surface area contributed by atoms with Gasteiger partial charge in [0.25, 0.3) is 0 Å². The first kappa shape index (κ1) is 15.6. The maximum absolute atomic E-state index is 4.17. The average molecular weight is 257 g/mol. The highest BCUT2D eigenvalue weighted by molar-refractivity contribution is 5.26. The Bertz CT molecular complexity index is 443. The Balaban J connectivity index is 2.65. The Hall–Kier alpha value is -1.50. The van der Waals surface area contributed by atoms with E-state index >= 15 is 0 Å². The topological polar surface area (TPSA) is 12.0 Å². The minimum absolute atomic E-state index is 0.322. The van der Waals surface area contributed by atoms with Gasteiger partial charge in [0.05, 0.1) is 0 Å². The Kier molecular flexibility index (Phi) is 5.88. The van der Waals surface area contributed by atoms with Crippen molar-refractivity contribution in [1.29, 1.82) is 0 Å². The largest absolute Gasteiger partial charge is 0.382 e. The molecule has 0 radical (unpaired) electrons. The summed E-state index contributed by atoms with van der Waals surface area (Å²) in [5.41, 5.74) is 4.92. The molecule has 1 aromatic carbocycles. The van der Waals surface area contributed by atoms with Gasteiger partial charge < -0.3 is 5.32 Å². The second-order valence-corrected chi connectivity index (χ2v) is 5.65. The van der Waals surface area contributed by atoms with E-state index in [1.165, 1.54) is 16.7 Å². The molecule has 1 N–H and O–H groups in total. The molecule has 0 aliphatic heterocycles. The van der Waals surface area contributed by atoms with Crippen LogP contribution in [0, 0.1) is 12.8 Å². The van der Waals surface area contributed by atoms with Crippen molar-refractivity contribution in [3.05, 3.63) is 59.8 Å². The van der Waals surface area contributed by atoms with E-state index in [4.69, 9.17) is 0 Å². The quantitative estimate of drug-likeness (QED) is 0.702. The third-order valence-corrected chi connectivity index (χ3v) is 3.42. The van der Waals surface area contributed by atoms with Crippen molar-refractivity contribution >= 4 is 0 Å². The predicted molar refractivity (Wildman–Crippen MR) is 85.2 cm³/mol. The summed E-state index contributed by atoms with van der Waals surface area (Å²) in [4.78, 5) is 0. The minimum atomic E-state index is 0.322. The normalized spacial score (nSPS) is 12.3. The van der Waals surface area contributed by atoms with Gasteiger partial charge in [0.1, 0.15) is 0 Å². The van der Waals surface area contributed by atoms with Gasteiger partial charge in [0.15, 0.2) is 0 Å². The lowest BCUT2D eigenvalue weighted by Crippen LogP contribution is -2.34. The fourth-order valence-corrected chi connectivity index (χ4v) is 2.30. The molecule has 0 spiro atoms. The fraction of sp³-hybridized carbons (Fsp3) is 0.444. The lowest BCUT2D eigenvalue weighted by atomic mass is 9.94. The molecule has 0 saturated carbocycles. The molecule has 1 rings (SSSR count). The van der Waals surface area contributed by atoms with Crippen LogP contribution < -0.4 is 5.32 Å². The summed E-state index contributed by atoms with van der Waals surface area (Å²) in [7, 11) is 0. The average Bonchev–Trinajstić information content (AvgIpc) is 2.34. The molecule has 104 valence electrons. The van der Waals surface area contributed by atoms with Crippen LogP contribution in [0.2, 0.25) is 0 Å². The number of rotatable bonds is 7. The van der Waals surface area contributed by atoms with Gasteiger partial charge in [-0.1, -0.05) is 69.3 Å². The van der Waals surface area contributed by atoms with Crippen molar-refractivity contribution in [3.8, 4) is 0 Å². The molecule has 19 heavy (non-hydrogen) atoms. The van der Waals surface area contributed by atoms with E-state index in [-0.39, 0.29) is 0 Å². The number of benzene rings is 1. The van der Waals surface area contributed by atoms with Gasteiger partial charge in [-0.3, -0.25) is 0 Å². The van der Waals surface area contributed by atoms with E-state index in [1.54, 1.807) is 0 Å². The Morgan fingerprint density at radius 1 is 1.26 bits per heavy atom. The smallest absolute Gasteiger partial charge is 0.0490 e. The second kappa shape index (κ2) is 7.18. The minimum Gasteiger partial charge on any atom is -0.382 e. The molecule has 1 heteroatoms. The number of hydrogen-bond donors (Lipinski definition) is 1. The van der Waals surface area contributed by atoms with Crippen LogP contribution in [0.1, 0.15) is 38.3 Å². The summed E-state index contributed by atoms with van der Waals surface area (Å²) in [5, 5.41) is 3.54. The van der Waals surface area contributed by atoms with Crippen molar-refractivity contribution in [2.24, 2.45) is 5.92 Å². The van der Waals surface area contributed by atoms with Crippen LogP contribution in [0.4, 0.5) is 0 Å². The van der Waals surface area contributed by atoms with Gasteiger partial charge in [-0.15, -0.1) is 0 Å². The van der Waals surface area contributed by atoms with E-state index in [1.807, 2.05) is 0 Å². The van der Waals surface area contributed by atoms with Gasteiger partial charge in [-0.05, 0) is 24.8 Å². The standard InChI is InChI=1S/C18H27N/c1-7-15(5)18(13(2)3)19-16(6)12-17-10-8-9-14(4)11-17/h8-11,13,18-19H,5-7,12H2,1-4H3. The molecule has 1 unspecified atom stereocenters. The first-order valence-electron chi connectivity index (χ1n) is 7.11. The first-order valence-corrected chi connectivity index (χ1v) is 7.11. The maximum Gasteiger partial charge on any atom is 0.0490 e. The summed E-state index contributed by atoms with van der Waals surface area (Å²) in [5.74, 6) is 0.529. The molecular weight excluding hydrogens is 230 g/mol. The molecule has 0 bridgehead atoms. The zero-order chi connectivity index (χ0) is 14.4. The molecule has 0 aromatic heterocycles. The van der Waals surface area contributed by atoms with Crippen LogP contribution in [-0.4, -0.2) is 6.04 Å². The Morgan fingerprint density at radius 3 is 2.47 bits per heavy atom. The third kappa shape index (κ3) is 4.94. The van der Waals surface area contributed by atoms with E-state index < -0.39 is 0 Å². The van der Waals surface area contributed by atoms with Crippen LogP contribution in [-0.2, 0) is 6.42 Å². The van der Waals surface area contributed by atoms with Gasteiger partial charge in [-0.25, -0.2) is 0 Å². The predicted octanol–water partition coefficient (Wildman–Crippen LogP) is 4.63. The molecular formula is C18H27N. The van der Waals surface area contributed by atoms with Crippen molar-refractivity contribution < 1.29 is 0 Å². The molecule has 0 saturated heterocycles. The molecule has 1 aromatic rings. The zero-order valence-electron chi connectivity index (χ0n) is 12.8. The van der Waals surface area contributed by atoms with E-state index in [0.717, 1.165) is 18.5 Å². The lowest BCUT2D eigenvalue weighted by molar-refractivity contribution is 0.471. The SMILES string of the molecule is C=C(Cc1cccc(C)c1)NC(C(=C)CC)C(C)C. The number of nitrogens with one attached hydrogen (secondary N) is 1. The van der Waals surface area contributed by atoms with Crippen LogP contribution in [0.25, 0.3) is 0 Å². The zero-order valence-corrected chi connectivity index (χ0v) is 12.8. The molecule has 0 fully saturated rings. The van der Waals surface area contributed by atoms with E-state index in [2.05, 4.69) is 70.4 Å². The van der Waals surface area contributed by atoms with Crippen molar-refractivity contribution in [2.75, 3.05) is 0 Å². The highest BCUT2D eigenvalue weighted by Gasteiger charge is 2.15. The van der Waals surface area contributed by atoms with Crippen LogP contribution in [0.5, 0.6) is 0 Å². The van der Waals surface area contributed by atoms with E-state index in [0.29, 0.717) is 12.0 Å². The highest BCUT2D eigenvalue weighted by atomic mass is 14.9. The van der Waals surface area contributed by atoms with Crippen molar-refractivity contribution in [1.82, 2.24) is 5.32 Å². The van der Waals surface area contributed by atoms with Gasteiger partial charge in [-0.2, -0.15) is 0 Å². The fourth-order valence-electron chi connectivity index (χ4n) is 2.30. The summed E-state index contributed by atoms with van der Waals surface area (Å²) >= 11 is 0. The number of hydrogen-bond acceptors (Lipinski definition) is 1. The number of allylic oxidation sites excluding steroid dienone is 1. The summed E-state index contributed by atoms with van der Waals surface area (Å²) in [6.07, 6.45) is 1.88. The monoisotopic (exact) mass is 257 g/mol. The van der Waals surface area contributed by atoms with Crippen LogP contribution in [0.15, 0.2) is 48.7 Å². The van der Waals surface area contributed by atoms with Crippen molar-refractivity contribution in [3.63, 3.8) is 0 Å². The van der Waals surface area contributed by atoms with Gasteiger partial charge >= 0.3 is 0 Å². The summed E-state index contributed by atoms with van der Waals surface area (Å²) in [6, 6.07) is 8.91. The van der Waals surface area contributed by atoms with Crippen molar-refractivity contribution in [2.45, 2.75) is 46.6 Å². The molecule has 1 nitrogen and oxygen atoms in total. The van der Waals surface area contributed by atoms with Crippen LogP contribution >= 0.6 is 0 Å². The molecule has 0 heterocycles.